The molecule has 0 aliphatic rings. The highest BCUT2D eigenvalue weighted by molar-refractivity contribution is 6.17. The monoisotopic (exact) mass is 600 g/mol. The number of benzene rings is 7. The van der Waals surface area contributed by atoms with E-state index in [4.69, 9.17) is 4.42 Å². The van der Waals surface area contributed by atoms with Gasteiger partial charge in [0.2, 0.25) is 0 Å². The molecule has 10 rings (SSSR count). The van der Waals surface area contributed by atoms with Crippen molar-refractivity contribution in [3.63, 3.8) is 0 Å². The Balaban J connectivity index is 1.16. The van der Waals surface area contributed by atoms with Crippen LogP contribution < -0.4 is 0 Å². The largest absolute Gasteiger partial charge is 0.454 e. The second kappa shape index (κ2) is 10.1. The minimum Gasteiger partial charge on any atom is -0.454 e. The number of para-hydroxylation sites is 4. The maximum Gasteiger partial charge on any atom is 0.161 e. The average Bonchev–Trinajstić information content (AvgIpc) is 3.79. The van der Waals surface area contributed by atoms with Gasteiger partial charge in [0, 0.05) is 32.9 Å². The van der Waals surface area contributed by atoms with Gasteiger partial charge in [-0.2, -0.15) is 0 Å². The van der Waals surface area contributed by atoms with Gasteiger partial charge in [0.05, 0.1) is 16.6 Å². The van der Waals surface area contributed by atoms with Gasteiger partial charge in [-0.3, -0.25) is 0 Å². The van der Waals surface area contributed by atoms with E-state index in [0.29, 0.717) is 0 Å². The van der Waals surface area contributed by atoms with Crippen molar-refractivity contribution in [2.75, 3.05) is 0 Å². The van der Waals surface area contributed by atoms with E-state index in [1.54, 1.807) is 0 Å². The zero-order valence-corrected chi connectivity index (χ0v) is 25.5. The summed E-state index contributed by atoms with van der Waals surface area (Å²) in [6, 6.07) is 60.6. The van der Waals surface area contributed by atoms with Gasteiger partial charge in [-0.05, 0) is 89.0 Å². The fourth-order valence-electron chi connectivity index (χ4n) is 7.46. The first-order valence-corrected chi connectivity index (χ1v) is 16.0. The molecule has 0 N–H and O–H groups in total. The lowest BCUT2D eigenvalue weighted by molar-refractivity contribution is 0.673. The summed E-state index contributed by atoms with van der Waals surface area (Å²) < 4.78 is 11.4. The van der Waals surface area contributed by atoms with Crippen LogP contribution >= 0.6 is 0 Å². The van der Waals surface area contributed by atoms with Gasteiger partial charge < -0.3 is 13.6 Å². The third-order valence-corrected chi connectivity index (χ3v) is 9.53. The van der Waals surface area contributed by atoms with Gasteiger partial charge in [0.1, 0.15) is 11.1 Å². The van der Waals surface area contributed by atoms with Crippen molar-refractivity contribution >= 4 is 54.8 Å². The van der Waals surface area contributed by atoms with Crippen molar-refractivity contribution in [1.82, 2.24) is 9.13 Å². The van der Waals surface area contributed by atoms with E-state index >= 15 is 0 Å². The molecule has 0 unspecified atom stereocenters. The van der Waals surface area contributed by atoms with Crippen LogP contribution in [0.5, 0.6) is 0 Å². The van der Waals surface area contributed by atoms with Gasteiger partial charge >= 0.3 is 0 Å². The third kappa shape index (κ3) is 3.87. The molecular formula is C44H28N2O. The highest BCUT2D eigenvalue weighted by Gasteiger charge is 2.20. The molecule has 0 amide bonds. The molecule has 0 radical (unpaired) electrons. The number of hydrogen-bond acceptors (Lipinski definition) is 1. The van der Waals surface area contributed by atoms with E-state index in [1.807, 2.05) is 0 Å². The van der Waals surface area contributed by atoms with Gasteiger partial charge in [-0.15, -0.1) is 0 Å². The van der Waals surface area contributed by atoms with E-state index in [0.717, 1.165) is 44.2 Å². The first-order valence-electron chi connectivity index (χ1n) is 16.0. The molecule has 0 saturated heterocycles. The molecule has 10 aromatic rings. The molecule has 7 aromatic carbocycles. The minimum atomic E-state index is 0.888. The molecule has 3 aromatic heterocycles. The van der Waals surface area contributed by atoms with Crippen LogP contribution in [-0.2, 0) is 0 Å². The minimum absolute atomic E-state index is 0.888. The number of fused-ring (bicyclic) bond motifs is 8. The summed E-state index contributed by atoms with van der Waals surface area (Å²) in [5.74, 6) is 0. The lowest BCUT2D eigenvalue weighted by Crippen LogP contribution is -1.93. The van der Waals surface area contributed by atoms with E-state index in [-0.39, 0.29) is 0 Å². The van der Waals surface area contributed by atoms with Gasteiger partial charge in [0.25, 0.3) is 0 Å². The molecule has 0 saturated carbocycles. The van der Waals surface area contributed by atoms with Crippen LogP contribution in [-0.4, -0.2) is 9.13 Å². The molecule has 0 fully saturated rings. The SMILES string of the molecule is c1ccc(-n2c3ccccc3c3cc(-c4ccccc4-c4ccc5c(c4)oc4c6ccccc6n(-c6ccccc6)c54)ccc32)cc1. The molecule has 47 heavy (non-hydrogen) atoms. The Hall–Kier alpha value is -6.32. The van der Waals surface area contributed by atoms with Crippen LogP contribution in [0.1, 0.15) is 0 Å². The fourth-order valence-corrected chi connectivity index (χ4v) is 7.46. The standard InChI is InChI=1S/C44H28N2O/c1-3-13-31(14-4-1)45-39-21-11-9-19-35(39)38-27-29(24-26-41(38)45)33-17-7-8-18-34(33)30-23-25-37-42(28-30)47-44-36-20-10-12-22-40(36)46(43(37)44)32-15-5-2-6-16-32/h1-28H. The van der Waals surface area contributed by atoms with Crippen molar-refractivity contribution < 1.29 is 4.42 Å². The summed E-state index contributed by atoms with van der Waals surface area (Å²) in [6.45, 7) is 0. The molecule has 3 nitrogen and oxygen atoms in total. The molecule has 0 aliphatic heterocycles. The zero-order chi connectivity index (χ0) is 30.9. The summed E-state index contributed by atoms with van der Waals surface area (Å²) >= 11 is 0. The van der Waals surface area contributed by atoms with Gasteiger partial charge in [0.15, 0.2) is 5.58 Å². The predicted molar refractivity (Wildman–Crippen MR) is 196 cm³/mol. The molecule has 0 atom stereocenters. The quantitative estimate of drug-likeness (QED) is 0.197. The van der Waals surface area contributed by atoms with Crippen molar-refractivity contribution in [3.8, 4) is 33.6 Å². The first kappa shape index (κ1) is 26.0. The lowest BCUT2D eigenvalue weighted by atomic mass is 9.93. The van der Waals surface area contributed by atoms with Crippen LogP contribution in [0, 0.1) is 0 Å². The maximum atomic E-state index is 6.70. The van der Waals surface area contributed by atoms with Crippen molar-refractivity contribution in [2.45, 2.75) is 0 Å². The molecule has 220 valence electrons. The van der Waals surface area contributed by atoms with Crippen molar-refractivity contribution in [1.29, 1.82) is 0 Å². The number of rotatable bonds is 4. The zero-order valence-electron chi connectivity index (χ0n) is 25.5. The molecule has 3 heteroatoms. The Kier molecular flexibility index (Phi) is 5.57. The van der Waals surface area contributed by atoms with Crippen LogP contribution in [0.15, 0.2) is 174 Å². The maximum absolute atomic E-state index is 6.70. The lowest BCUT2D eigenvalue weighted by Gasteiger charge is -2.12. The molecular weight excluding hydrogens is 572 g/mol. The normalized spacial score (nSPS) is 11.8. The molecule has 0 aliphatic carbocycles. The second-order valence-corrected chi connectivity index (χ2v) is 12.1. The van der Waals surface area contributed by atoms with Crippen molar-refractivity contribution in [3.05, 3.63) is 170 Å². The Bertz CT molecular complexity index is 2780. The second-order valence-electron chi connectivity index (χ2n) is 12.1. The first-order chi connectivity index (χ1) is 23.3. The van der Waals surface area contributed by atoms with Crippen molar-refractivity contribution in [2.24, 2.45) is 0 Å². The number of aromatic nitrogens is 2. The van der Waals surface area contributed by atoms with E-state index in [9.17, 15) is 0 Å². The Morgan fingerprint density at radius 2 is 0.894 bits per heavy atom. The Morgan fingerprint density at radius 1 is 0.362 bits per heavy atom. The number of hydrogen-bond donors (Lipinski definition) is 0. The van der Waals surface area contributed by atoms with E-state index < -0.39 is 0 Å². The third-order valence-electron chi connectivity index (χ3n) is 9.53. The Morgan fingerprint density at radius 3 is 1.62 bits per heavy atom. The highest BCUT2D eigenvalue weighted by atomic mass is 16.3. The summed E-state index contributed by atoms with van der Waals surface area (Å²) in [5.41, 5.74) is 13.5. The van der Waals surface area contributed by atoms with Gasteiger partial charge in [-0.1, -0.05) is 103 Å². The summed E-state index contributed by atoms with van der Waals surface area (Å²) in [5, 5.41) is 4.72. The summed E-state index contributed by atoms with van der Waals surface area (Å²) in [7, 11) is 0. The fraction of sp³-hybridized carbons (Fsp3) is 0. The molecule has 3 heterocycles. The smallest absolute Gasteiger partial charge is 0.161 e. The molecule has 0 bridgehead atoms. The number of furan rings is 1. The predicted octanol–water partition coefficient (Wildman–Crippen LogP) is 12.0. The van der Waals surface area contributed by atoms with E-state index in [1.165, 1.54) is 44.2 Å². The van der Waals surface area contributed by atoms with Crippen LogP contribution in [0.2, 0.25) is 0 Å². The van der Waals surface area contributed by atoms with Gasteiger partial charge in [-0.25, -0.2) is 0 Å². The van der Waals surface area contributed by atoms with Crippen LogP contribution in [0.25, 0.3) is 88.4 Å². The Labute approximate surface area is 271 Å². The summed E-state index contributed by atoms with van der Waals surface area (Å²) in [4.78, 5) is 0. The van der Waals surface area contributed by atoms with Crippen LogP contribution in [0.4, 0.5) is 0 Å². The number of nitrogens with zero attached hydrogens (tertiary/aromatic N) is 2. The molecule has 0 spiro atoms. The highest BCUT2D eigenvalue weighted by Crippen LogP contribution is 2.42. The summed E-state index contributed by atoms with van der Waals surface area (Å²) in [6.07, 6.45) is 0. The van der Waals surface area contributed by atoms with Crippen LogP contribution in [0.3, 0.4) is 0 Å². The topological polar surface area (TPSA) is 23.0 Å². The van der Waals surface area contributed by atoms with E-state index in [2.05, 4.69) is 179 Å². The average molecular weight is 601 g/mol.